The molecule has 1 unspecified atom stereocenters. The second-order valence-corrected chi connectivity index (χ2v) is 10.3. The van der Waals surface area contributed by atoms with Crippen molar-refractivity contribution in [2.75, 3.05) is 5.73 Å². The Balaban J connectivity index is 2.11. The molecule has 27 heavy (non-hydrogen) atoms. The van der Waals surface area contributed by atoms with Gasteiger partial charge in [-0.1, -0.05) is 25.0 Å². The summed E-state index contributed by atoms with van der Waals surface area (Å²) in [5.41, 5.74) is 6.96. The number of rotatable bonds is 7. The minimum Gasteiger partial charge on any atom is -0.598 e. The van der Waals surface area contributed by atoms with Gasteiger partial charge in [0.25, 0.3) is 0 Å². The largest absolute Gasteiger partial charge is 0.598 e. The average molecular weight is 390 g/mol. The van der Waals surface area contributed by atoms with Gasteiger partial charge in [0.2, 0.25) is 0 Å². The summed E-state index contributed by atoms with van der Waals surface area (Å²) in [6, 6.07) is 8.62. The summed E-state index contributed by atoms with van der Waals surface area (Å²) >= 11 is -1.33. The number of benzene rings is 1. The number of nitrogen functional groups attached to an aromatic ring is 1. The highest BCUT2D eigenvalue weighted by atomic mass is 32.2. The summed E-state index contributed by atoms with van der Waals surface area (Å²) in [5.74, 6) is 0.252. The van der Waals surface area contributed by atoms with Crippen LogP contribution >= 0.6 is 0 Å². The summed E-state index contributed by atoms with van der Waals surface area (Å²) in [6.45, 7) is 5.80. The Morgan fingerprint density at radius 2 is 2.00 bits per heavy atom. The van der Waals surface area contributed by atoms with Crippen molar-refractivity contribution in [2.45, 2.75) is 56.7 Å². The van der Waals surface area contributed by atoms with Gasteiger partial charge in [0, 0.05) is 23.8 Å². The van der Waals surface area contributed by atoms with Crippen molar-refractivity contribution in [1.29, 1.82) is 0 Å². The molecule has 3 rings (SSSR count). The molecular weight excluding hydrogens is 361 g/mol. The molecule has 0 bridgehead atoms. The van der Waals surface area contributed by atoms with Gasteiger partial charge in [-0.15, -0.1) is 4.72 Å². The van der Waals surface area contributed by atoms with Gasteiger partial charge in [-0.25, -0.2) is 4.39 Å². The lowest BCUT2D eigenvalue weighted by Gasteiger charge is -2.38. The molecule has 2 aromatic rings. The first-order valence-corrected chi connectivity index (χ1v) is 10.5. The lowest BCUT2D eigenvalue weighted by molar-refractivity contribution is 0.400. The van der Waals surface area contributed by atoms with E-state index < -0.39 is 27.5 Å². The molecular formula is C21H28FN3OS. The molecule has 2 atom stereocenters. The number of nitrogens with two attached hydrogens (primary N) is 1. The molecule has 6 heteroatoms. The number of halogens is 1. The molecule has 0 radical (unpaired) electrons. The Morgan fingerprint density at radius 1 is 1.26 bits per heavy atom. The van der Waals surface area contributed by atoms with Gasteiger partial charge in [0.1, 0.15) is 16.1 Å². The molecule has 0 spiro atoms. The number of nitrogens with zero attached hydrogens (tertiary/aromatic N) is 1. The summed E-state index contributed by atoms with van der Waals surface area (Å²) in [4.78, 5) is 4.28. The van der Waals surface area contributed by atoms with Crippen LogP contribution < -0.4 is 10.5 Å². The molecule has 0 amide bonds. The van der Waals surface area contributed by atoms with Gasteiger partial charge in [0.05, 0.1) is 5.69 Å². The number of hydrogen-bond acceptors (Lipinski definition) is 4. The standard InChI is InChI=1S/C21H28FN3OS/c1-20(2,3)27(26)25-21(11-10-15-6-7-15,17-5-4-12-24-14-17)16-8-9-18(22)19(23)13-16/h4-5,8-9,12-15,25H,6-7,10-11,23H2,1-3H3/t21-,27?/m1/s1. The normalized spacial score (nSPS) is 18.1. The van der Waals surface area contributed by atoms with Gasteiger partial charge < -0.3 is 10.3 Å². The predicted octanol–water partition coefficient (Wildman–Crippen LogP) is 4.29. The molecule has 1 aromatic carbocycles. The number of pyridine rings is 1. The van der Waals surface area contributed by atoms with Crippen molar-refractivity contribution in [3.05, 3.63) is 59.7 Å². The molecule has 1 fully saturated rings. The molecule has 1 aromatic heterocycles. The third-order valence-electron chi connectivity index (χ3n) is 5.09. The van der Waals surface area contributed by atoms with E-state index in [9.17, 15) is 8.94 Å². The zero-order valence-corrected chi connectivity index (χ0v) is 17.0. The van der Waals surface area contributed by atoms with Gasteiger partial charge in [-0.3, -0.25) is 4.98 Å². The summed E-state index contributed by atoms with van der Waals surface area (Å²) < 4.78 is 29.9. The topological polar surface area (TPSA) is 74.0 Å². The van der Waals surface area contributed by atoms with Crippen molar-refractivity contribution in [2.24, 2.45) is 5.92 Å². The third kappa shape index (κ3) is 4.62. The SMILES string of the molecule is CC(C)(C)[S+]([O-])N[C@@](CCC1CC1)(c1cccnc1)c1ccc(F)c(N)c1. The number of hydrogen-bond donors (Lipinski definition) is 2. The van der Waals surface area contributed by atoms with Crippen LogP contribution in [0, 0.1) is 11.7 Å². The first-order chi connectivity index (χ1) is 12.7. The van der Waals surface area contributed by atoms with E-state index in [1.165, 1.54) is 18.9 Å². The highest BCUT2D eigenvalue weighted by molar-refractivity contribution is 7.90. The number of anilines is 1. The Hall–Kier alpha value is -1.63. The van der Waals surface area contributed by atoms with Crippen LogP contribution in [-0.2, 0) is 16.9 Å². The Labute approximate surface area is 164 Å². The summed E-state index contributed by atoms with van der Waals surface area (Å²) in [5, 5.41) is 0. The average Bonchev–Trinajstić information content (AvgIpc) is 3.45. The minimum atomic E-state index is -1.33. The second kappa shape index (κ2) is 7.78. The zero-order chi connectivity index (χ0) is 19.7. The molecule has 3 N–H and O–H groups in total. The van der Waals surface area contributed by atoms with E-state index in [-0.39, 0.29) is 5.69 Å². The van der Waals surface area contributed by atoms with Crippen molar-refractivity contribution in [3.63, 3.8) is 0 Å². The maximum absolute atomic E-state index is 13.8. The molecule has 146 valence electrons. The van der Waals surface area contributed by atoms with E-state index in [1.54, 1.807) is 24.5 Å². The van der Waals surface area contributed by atoms with Gasteiger partial charge in [-0.2, -0.15) is 0 Å². The van der Waals surface area contributed by atoms with Gasteiger partial charge >= 0.3 is 0 Å². The predicted molar refractivity (Wildman–Crippen MR) is 109 cm³/mol. The summed E-state index contributed by atoms with van der Waals surface area (Å²) in [6.07, 6.45) is 7.72. The lowest BCUT2D eigenvalue weighted by Crippen LogP contribution is -2.52. The number of nitrogens with one attached hydrogen (secondary N) is 1. The fourth-order valence-corrected chi connectivity index (χ4v) is 4.15. The monoisotopic (exact) mass is 389 g/mol. The summed E-state index contributed by atoms with van der Waals surface area (Å²) in [7, 11) is 0. The van der Waals surface area contributed by atoms with E-state index in [2.05, 4.69) is 9.71 Å². The molecule has 4 nitrogen and oxygen atoms in total. The van der Waals surface area contributed by atoms with E-state index in [1.807, 2.05) is 32.9 Å². The molecule has 0 aliphatic heterocycles. The van der Waals surface area contributed by atoms with Crippen LogP contribution in [0.3, 0.4) is 0 Å². The third-order valence-corrected chi connectivity index (χ3v) is 6.74. The second-order valence-electron chi connectivity index (χ2n) is 8.35. The molecule has 1 aliphatic carbocycles. The fraction of sp³-hybridized carbons (Fsp3) is 0.476. The molecule has 1 aliphatic rings. The van der Waals surface area contributed by atoms with E-state index in [0.717, 1.165) is 24.0 Å². The Bertz CT molecular complexity index is 777. The fourth-order valence-electron chi connectivity index (χ4n) is 3.19. The zero-order valence-electron chi connectivity index (χ0n) is 16.2. The quantitative estimate of drug-likeness (QED) is 0.547. The first kappa shape index (κ1) is 20.1. The van der Waals surface area contributed by atoms with Crippen molar-refractivity contribution in [3.8, 4) is 0 Å². The smallest absolute Gasteiger partial charge is 0.146 e. The Kier molecular flexibility index (Phi) is 5.79. The van der Waals surface area contributed by atoms with Crippen LogP contribution in [0.5, 0.6) is 0 Å². The van der Waals surface area contributed by atoms with Crippen molar-refractivity contribution in [1.82, 2.24) is 9.71 Å². The first-order valence-electron chi connectivity index (χ1n) is 9.38. The highest BCUT2D eigenvalue weighted by Gasteiger charge is 2.43. The highest BCUT2D eigenvalue weighted by Crippen LogP contribution is 2.42. The maximum Gasteiger partial charge on any atom is 0.146 e. The van der Waals surface area contributed by atoms with Crippen LogP contribution in [0.25, 0.3) is 0 Å². The van der Waals surface area contributed by atoms with Gasteiger partial charge in [-0.05, 0) is 68.9 Å². The Morgan fingerprint density at radius 3 is 2.56 bits per heavy atom. The lowest BCUT2D eigenvalue weighted by atomic mass is 9.80. The van der Waals surface area contributed by atoms with Crippen LogP contribution in [-0.4, -0.2) is 14.3 Å². The maximum atomic E-state index is 13.8. The van der Waals surface area contributed by atoms with Crippen molar-refractivity contribution < 1.29 is 8.94 Å². The van der Waals surface area contributed by atoms with E-state index >= 15 is 0 Å². The van der Waals surface area contributed by atoms with Crippen molar-refractivity contribution >= 4 is 17.0 Å². The van der Waals surface area contributed by atoms with E-state index in [4.69, 9.17) is 5.73 Å². The van der Waals surface area contributed by atoms with Crippen LogP contribution in [0.15, 0.2) is 42.7 Å². The molecule has 0 saturated heterocycles. The van der Waals surface area contributed by atoms with Crippen LogP contribution in [0.2, 0.25) is 0 Å². The van der Waals surface area contributed by atoms with Crippen LogP contribution in [0.1, 0.15) is 57.6 Å². The van der Waals surface area contributed by atoms with Crippen LogP contribution in [0.4, 0.5) is 10.1 Å². The van der Waals surface area contributed by atoms with E-state index in [0.29, 0.717) is 5.92 Å². The molecule has 1 heterocycles. The minimum absolute atomic E-state index is 0.0931. The number of aromatic nitrogens is 1. The van der Waals surface area contributed by atoms with Gasteiger partial charge in [0.15, 0.2) is 0 Å². The molecule has 1 saturated carbocycles.